The summed E-state index contributed by atoms with van der Waals surface area (Å²) in [5, 5.41) is 6.76. The molecule has 1 fully saturated rings. The minimum absolute atomic E-state index is 0.127. The zero-order valence-electron chi connectivity index (χ0n) is 20.1. The van der Waals surface area contributed by atoms with Gasteiger partial charge in [-0.3, -0.25) is 9.59 Å². The molecule has 36 heavy (non-hydrogen) atoms. The summed E-state index contributed by atoms with van der Waals surface area (Å²) in [5.41, 5.74) is 0.163. The van der Waals surface area contributed by atoms with Crippen molar-refractivity contribution in [3.63, 3.8) is 0 Å². The van der Waals surface area contributed by atoms with E-state index in [1.54, 1.807) is 23.1 Å². The number of hydrogen-bond donors (Lipinski definition) is 1. The van der Waals surface area contributed by atoms with Crippen LogP contribution in [0.2, 0.25) is 0 Å². The van der Waals surface area contributed by atoms with Crippen molar-refractivity contribution in [2.75, 3.05) is 6.54 Å². The number of benzene rings is 2. The van der Waals surface area contributed by atoms with Crippen LogP contribution in [-0.2, 0) is 11.0 Å². The molecular weight excluding hydrogens is 478 g/mol. The molecule has 2 aromatic carbocycles. The molecule has 10 heteroatoms. The predicted octanol–water partition coefficient (Wildman–Crippen LogP) is 5.56. The number of aromatic nitrogens is 1. The number of nitrogens with zero attached hydrogens (tertiary/aromatic N) is 2. The van der Waals surface area contributed by atoms with Crippen LogP contribution in [0.4, 0.5) is 17.6 Å². The van der Waals surface area contributed by atoms with Gasteiger partial charge < -0.3 is 14.7 Å². The van der Waals surface area contributed by atoms with Gasteiger partial charge in [0.25, 0.3) is 5.91 Å². The van der Waals surface area contributed by atoms with E-state index < -0.39 is 17.8 Å². The molecule has 0 radical (unpaired) electrons. The van der Waals surface area contributed by atoms with E-state index in [0.717, 1.165) is 12.1 Å². The predicted molar refractivity (Wildman–Crippen MR) is 125 cm³/mol. The van der Waals surface area contributed by atoms with E-state index in [4.69, 9.17) is 4.52 Å². The average Bonchev–Trinajstić information content (AvgIpc) is 3.31. The Morgan fingerprint density at radius 2 is 1.78 bits per heavy atom. The van der Waals surface area contributed by atoms with E-state index in [9.17, 15) is 27.2 Å². The fraction of sp³-hybridized carbons (Fsp3) is 0.346. The van der Waals surface area contributed by atoms with Gasteiger partial charge in [-0.05, 0) is 43.5 Å². The highest BCUT2D eigenvalue weighted by atomic mass is 19.4. The van der Waals surface area contributed by atoms with Crippen molar-refractivity contribution in [2.45, 2.75) is 45.5 Å². The van der Waals surface area contributed by atoms with Crippen LogP contribution < -0.4 is 5.32 Å². The SMILES string of the molecule is CC(C)CC1C(=O)NC(C)CN1C(=O)c1cc(-c2ccc(F)cc2)on1.FC(F)(F)c1ccccc1. The molecule has 6 nitrogen and oxygen atoms in total. The number of amides is 2. The summed E-state index contributed by atoms with van der Waals surface area (Å²) in [6.07, 6.45) is -3.63. The maximum Gasteiger partial charge on any atom is 0.416 e. The van der Waals surface area contributed by atoms with Gasteiger partial charge in [-0.25, -0.2) is 4.39 Å². The van der Waals surface area contributed by atoms with Crippen LogP contribution in [0.5, 0.6) is 0 Å². The zero-order chi connectivity index (χ0) is 26.5. The molecule has 1 aliphatic rings. The summed E-state index contributed by atoms with van der Waals surface area (Å²) in [4.78, 5) is 26.9. The van der Waals surface area contributed by atoms with Crippen LogP contribution in [0.25, 0.3) is 11.3 Å². The lowest BCUT2D eigenvalue weighted by atomic mass is 9.98. The first kappa shape index (κ1) is 26.9. The minimum Gasteiger partial charge on any atom is -0.355 e. The molecule has 0 bridgehead atoms. The molecule has 2 atom stereocenters. The third kappa shape index (κ3) is 6.93. The van der Waals surface area contributed by atoms with E-state index in [0.29, 0.717) is 24.3 Å². The fourth-order valence-electron chi connectivity index (χ4n) is 3.75. The Bertz CT molecular complexity index is 1160. The zero-order valence-corrected chi connectivity index (χ0v) is 20.1. The molecule has 0 spiro atoms. The first-order chi connectivity index (χ1) is 17.0. The van der Waals surface area contributed by atoms with Gasteiger partial charge in [0.15, 0.2) is 11.5 Å². The largest absolute Gasteiger partial charge is 0.416 e. The molecule has 3 aromatic rings. The van der Waals surface area contributed by atoms with Crippen molar-refractivity contribution < 1.29 is 31.7 Å². The maximum atomic E-state index is 13.1. The van der Waals surface area contributed by atoms with Gasteiger partial charge in [0.05, 0.1) is 5.56 Å². The Hall–Kier alpha value is -3.69. The number of carbonyl (C=O) groups is 2. The van der Waals surface area contributed by atoms with Gasteiger partial charge in [-0.15, -0.1) is 0 Å². The molecule has 1 aromatic heterocycles. The lowest BCUT2D eigenvalue weighted by Crippen LogP contribution is -2.61. The number of rotatable bonds is 4. The molecule has 2 unspecified atom stereocenters. The first-order valence-corrected chi connectivity index (χ1v) is 11.4. The Morgan fingerprint density at radius 1 is 1.14 bits per heavy atom. The van der Waals surface area contributed by atoms with E-state index in [1.165, 1.54) is 30.3 Å². The molecule has 0 aliphatic carbocycles. The second-order valence-corrected chi connectivity index (χ2v) is 8.96. The first-order valence-electron chi connectivity index (χ1n) is 11.4. The van der Waals surface area contributed by atoms with Crippen molar-refractivity contribution >= 4 is 11.8 Å². The fourth-order valence-corrected chi connectivity index (χ4v) is 3.75. The normalized spacial score (nSPS) is 17.9. The smallest absolute Gasteiger partial charge is 0.355 e. The topological polar surface area (TPSA) is 75.4 Å². The van der Waals surface area contributed by atoms with Crippen molar-refractivity contribution in [2.24, 2.45) is 5.92 Å². The Kier molecular flexibility index (Phi) is 8.49. The second kappa shape index (κ2) is 11.4. The van der Waals surface area contributed by atoms with Crippen LogP contribution in [0.1, 0.15) is 43.2 Å². The lowest BCUT2D eigenvalue weighted by molar-refractivity contribution is -0.137. The second-order valence-electron chi connectivity index (χ2n) is 8.96. The molecule has 1 saturated heterocycles. The van der Waals surface area contributed by atoms with Gasteiger partial charge in [-0.2, -0.15) is 13.2 Å². The van der Waals surface area contributed by atoms with Crippen LogP contribution in [-0.4, -0.2) is 40.5 Å². The van der Waals surface area contributed by atoms with Gasteiger partial charge in [0, 0.05) is 24.2 Å². The van der Waals surface area contributed by atoms with Gasteiger partial charge in [-0.1, -0.05) is 49.3 Å². The molecule has 2 heterocycles. The molecule has 2 amide bonds. The van der Waals surface area contributed by atoms with E-state index in [2.05, 4.69) is 10.5 Å². The third-order valence-electron chi connectivity index (χ3n) is 5.45. The van der Waals surface area contributed by atoms with Gasteiger partial charge in [0.2, 0.25) is 5.91 Å². The van der Waals surface area contributed by atoms with Crippen LogP contribution in [0, 0.1) is 11.7 Å². The molecule has 0 saturated carbocycles. The quantitative estimate of drug-likeness (QED) is 0.471. The monoisotopic (exact) mass is 505 g/mol. The molecule has 4 rings (SSSR count). The molecule has 1 aliphatic heterocycles. The van der Waals surface area contributed by atoms with E-state index >= 15 is 0 Å². The Balaban J connectivity index is 0.000000303. The summed E-state index contributed by atoms with van der Waals surface area (Å²) in [5.74, 6) is -0.193. The summed E-state index contributed by atoms with van der Waals surface area (Å²) < 4.78 is 53.7. The molecule has 192 valence electrons. The van der Waals surface area contributed by atoms with Crippen LogP contribution >= 0.6 is 0 Å². The molecular formula is C26H27F4N3O3. The Morgan fingerprint density at radius 3 is 2.33 bits per heavy atom. The van der Waals surface area contributed by atoms with Crippen molar-refractivity contribution in [3.05, 3.63) is 77.7 Å². The number of piperazine rings is 1. The summed E-state index contributed by atoms with van der Waals surface area (Å²) >= 11 is 0. The number of halogens is 4. The highest BCUT2D eigenvalue weighted by Crippen LogP contribution is 2.28. The minimum atomic E-state index is -4.21. The number of carbonyl (C=O) groups excluding carboxylic acids is 2. The van der Waals surface area contributed by atoms with Crippen molar-refractivity contribution in [1.29, 1.82) is 0 Å². The molecule has 1 N–H and O–H groups in total. The highest BCUT2D eigenvalue weighted by molar-refractivity contribution is 5.97. The summed E-state index contributed by atoms with van der Waals surface area (Å²) in [7, 11) is 0. The van der Waals surface area contributed by atoms with Crippen molar-refractivity contribution in [1.82, 2.24) is 15.4 Å². The number of nitrogens with one attached hydrogen (secondary N) is 1. The summed E-state index contributed by atoms with van der Waals surface area (Å²) in [6.45, 7) is 6.30. The Labute approximate surface area is 206 Å². The lowest BCUT2D eigenvalue weighted by Gasteiger charge is -2.38. The van der Waals surface area contributed by atoms with E-state index in [1.807, 2.05) is 20.8 Å². The van der Waals surface area contributed by atoms with Crippen LogP contribution in [0.15, 0.2) is 65.2 Å². The maximum absolute atomic E-state index is 13.1. The number of alkyl halides is 3. The average molecular weight is 506 g/mol. The number of hydrogen-bond acceptors (Lipinski definition) is 4. The summed E-state index contributed by atoms with van der Waals surface area (Å²) in [6, 6.07) is 13.0. The third-order valence-corrected chi connectivity index (χ3v) is 5.45. The van der Waals surface area contributed by atoms with Crippen molar-refractivity contribution in [3.8, 4) is 11.3 Å². The standard InChI is InChI=1S/C19H22FN3O3.C7H5F3/c1-11(2)8-16-18(24)21-12(3)10-23(16)19(25)15-9-17(26-22-15)13-4-6-14(20)7-5-13;8-7(9,10)6-4-2-1-3-5-6/h4-7,9,11-12,16H,8,10H2,1-3H3,(H,21,24);1-5H. The van der Waals surface area contributed by atoms with Gasteiger partial charge >= 0.3 is 6.18 Å². The van der Waals surface area contributed by atoms with Gasteiger partial charge in [0.1, 0.15) is 11.9 Å². The highest BCUT2D eigenvalue weighted by Gasteiger charge is 2.37. The van der Waals surface area contributed by atoms with Crippen LogP contribution in [0.3, 0.4) is 0 Å². The van der Waals surface area contributed by atoms with E-state index in [-0.39, 0.29) is 35.3 Å².